The number of carbonyl (C=O) groups excluding carboxylic acids is 1. The molecule has 1 aliphatic heterocycles. The fourth-order valence-electron chi connectivity index (χ4n) is 1.21. The SMILES string of the molecule is CC(O)C(C)SCCN1CCNC1=O. The van der Waals surface area contributed by atoms with E-state index in [-0.39, 0.29) is 17.4 Å². The number of hydrogen-bond acceptors (Lipinski definition) is 3. The number of aliphatic hydroxyl groups excluding tert-OH is 1. The van der Waals surface area contributed by atoms with E-state index in [1.807, 2.05) is 11.8 Å². The molecule has 1 heterocycles. The van der Waals surface area contributed by atoms with Gasteiger partial charge in [0, 0.05) is 30.6 Å². The number of amides is 2. The zero-order chi connectivity index (χ0) is 10.6. The Morgan fingerprint density at radius 3 is 2.86 bits per heavy atom. The number of rotatable bonds is 5. The van der Waals surface area contributed by atoms with Gasteiger partial charge in [-0.15, -0.1) is 0 Å². The highest BCUT2D eigenvalue weighted by molar-refractivity contribution is 7.99. The number of aliphatic hydroxyl groups is 1. The van der Waals surface area contributed by atoms with E-state index < -0.39 is 0 Å². The zero-order valence-corrected chi connectivity index (χ0v) is 9.51. The van der Waals surface area contributed by atoms with Crippen molar-refractivity contribution in [1.82, 2.24) is 10.2 Å². The van der Waals surface area contributed by atoms with E-state index in [1.54, 1.807) is 18.7 Å². The Balaban J connectivity index is 2.12. The van der Waals surface area contributed by atoms with Crippen molar-refractivity contribution in [3.8, 4) is 0 Å². The summed E-state index contributed by atoms with van der Waals surface area (Å²) in [6.07, 6.45) is -0.285. The largest absolute Gasteiger partial charge is 0.392 e. The van der Waals surface area contributed by atoms with E-state index >= 15 is 0 Å². The molecule has 14 heavy (non-hydrogen) atoms. The van der Waals surface area contributed by atoms with E-state index in [1.165, 1.54) is 0 Å². The van der Waals surface area contributed by atoms with Gasteiger partial charge in [-0.1, -0.05) is 6.92 Å². The predicted octanol–water partition coefficient (Wildman–Crippen LogP) is 0.514. The van der Waals surface area contributed by atoms with E-state index in [4.69, 9.17) is 0 Å². The van der Waals surface area contributed by atoms with E-state index in [0.29, 0.717) is 0 Å². The first-order chi connectivity index (χ1) is 6.61. The van der Waals surface area contributed by atoms with E-state index in [0.717, 1.165) is 25.4 Å². The van der Waals surface area contributed by atoms with Gasteiger partial charge in [-0.05, 0) is 6.92 Å². The highest BCUT2D eigenvalue weighted by Crippen LogP contribution is 2.14. The average Bonchev–Trinajstić information content (AvgIpc) is 2.51. The molecule has 2 unspecified atom stereocenters. The second kappa shape index (κ2) is 5.46. The molecule has 1 saturated heterocycles. The van der Waals surface area contributed by atoms with Crippen LogP contribution in [0.3, 0.4) is 0 Å². The summed E-state index contributed by atoms with van der Waals surface area (Å²) >= 11 is 1.70. The molecule has 0 bridgehead atoms. The van der Waals surface area contributed by atoms with Crippen LogP contribution in [0.2, 0.25) is 0 Å². The quantitative estimate of drug-likeness (QED) is 0.707. The van der Waals surface area contributed by atoms with Crippen LogP contribution in [0.4, 0.5) is 4.79 Å². The summed E-state index contributed by atoms with van der Waals surface area (Å²) in [5.74, 6) is 0.888. The summed E-state index contributed by atoms with van der Waals surface area (Å²) in [5.41, 5.74) is 0. The van der Waals surface area contributed by atoms with Gasteiger partial charge in [-0.25, -0.2) is 4.79 Å². The third kappa shape index (κ3) is 3.38. The molecule has 4 nitrogen and oxygen atoms in total. The monoisotopic (exact) mass is 218 g/mol. The number of thioether (sulfide) groups is 1. The zero-order valence-electron chi connectivity index (χ0n) is 8.69. The summed E-state index contributed by atoms with van der Waals surface area (Å²) in [5, 5.41) is 12.2. The van der Waals surface area contributed by atoms with Crippen LogP contribution in [-0.2, 0) is 0 Å². The van der Waals surface area contributed by atoms with Crippen molar-refractivity contribution in [3.05, 3.63) is 0 Å². The maximum atomic E-state index is 11.1. The van der Waals surface area contributed by atoms with Crippen LogP contribution in [0.5, 0.6) is 0 Å². The second-order valence-corrected chi connectivity index (χ2v) is 5.02. The van der Waals surface area contributed by atoms with Crippen LogP contribution in [0.1, 0.15) is 13.8 Å². The Morgan fingerprint density at radius 2 is 2.36 bits per heavy atom. The molecular formula is C9H18N2O2S. The van der Waals surface area contributed by atoms with Gasteiger partial charge in [-0.2, -0.15) is 11.8 Å². The van der Waals surface area contributed by atoms with Crippen molar-refractivity contribution >= 4 is 17.8 Å². The topological polar surface area (TPSA) is 52.6 Å². The van der Waals surface area contributed by atoms with Gasteiger partial charge >= 0.3 is 6.03 Å². The average molecular weight is 218 g/mol. The van der Waals surface area contributed by atoms with Crippen LogP contribution in [0.15, 0.2) is 0 Å². The Hall–Kier alpha value is -0.420. The number of carbonyl (C=O) groups is 1. The first-order valence-electron chi connectivity index (χ1n) is 4.93. The molecule has 0 aromatic heterocycles. The molecular weight excluding hydrogens is 200 g/mol. The third-order valence-electron chi connectivity index (χ3n) is 2.37. The van der Waals surface area contributed by atoms with Crippen molar-refractivity contribution in [3.63, 3.8) is 0 Å². The van der Waals surface area contributed by atoms with Crippen LogP contribution in [0.25, 0.3) is 0 Å². The lowest BCUT2D eigenvalue weighted by molar-refractivity contribution is 0.196. The molecule has 0 aromatic carbocycles. The van der Waals surface area contributed by atoms with Crippen molar-refractivity contribution in [2.24, 2.45) is 0 Å². The molecule has 1 rings (SSSR count). The normalized spacial score (nSPS) is 20.8. The Kier molecular flexibility index (Phi) is 4.54. The van der Waals surface area contributed by atoms with Crippen LogP contribution >= 0.6 is 11.8 Å². The number of urea groups is 1. The minimum atomic E-state index is -0.285. The maximum absolute atomic E-state index is 11.1. The second-order valence-electron chi connectivity index (χ2n) is 3.54. The molecule has 1 aliphatic rings. The van der Waals surface area contributed by atoms with Crippen LogP contribution in [-0.4, -0.2) is 52.8 Å². The summed E-state index contributed by atoms with van der Waals surface area (Å²) < 4.78 is 0. The van der Waals surface area contributed by atoms with Crippen molar-refractivity contribution in [2.45, 2.75) is 25.2 Å². The fourth-order valence-corrected chi connectivity index (χ4v) is 2.19. The summed E-state index contributed by atoms with van der Waals surface area (Å²) in [7, 11) is 0. The van der Waals surface area contributed by atoms with Gasteiger partial charge in [0.25, 0.3) is 0 Å². The van der Waals surface area contributed by atoms with Gasteiger partial charge < -0.3 is 15.3 Å². The van der Waals surface area contributed by atoms with Crippen molar-refractivity contribution in [1.29, 1.82) is 0 Å². The third-order valence-corrected chi connectivity index (χ3v) is 3.70. The van der Waals surface area contributed by atoms with Gasteiger partial charge in [0.2, 0.25) is 0 Å². The summed E-state index contributed by atoms with van der Waals surface area (Å²) in [6.45, 7) is 6.13. The molecule has 82 valence electrons. The molecule has 2 atom stereocenters. The van der Waals surface area contributed by atoms with E-state index in [9.17, 15) is 9.90 Å². The van der Waals surface area contributed by atoms with E-state index in [2.05, 4.69) is 5.32 Å². The number of nitrogens with one attached hydrogen (secondary N) is 1. The minimum Gasteiger partial charge on any atom is -0.392 e. The molecule has 0 aromatic rings. The number of hydrogen-bond donors (Lipinski definition) is 2. The first kappa shape index (κ1) is 11.7. The first-order valence-corrected chi connectivity index (χ1v) is 5.98. The van der Waals surface area contributed by atoms with Gasteiger partial charge in [0.1, 0.15) is 0 Å². The minimum absolute atomic E-state index is 0.0373. The lowest BCUT2D eigenvalue weighted by Gasteiger charge is -2.17. The smallest absolute Gasteiger partial charge is 0.317 e. The lowest BCUT2D eigenvalue weighted by Crippen LogP contribution is -2.30. The van der Waals surface area contributed by atoms with Gasteiger partial charge in [0.05, 0.1) is 6.10 Å². The van der Waals surface area contributed by atoms with Crippen LogP contribution < -0.4 is 5.32 Å². The summed E-state index contributed by atoms with van der Waals surface area (Å²) in [4.78, 5) is 12.9. The summed E-state index contributed by atoms with van der Waals surface area (Å²) in [6, 6.07) is 0.0373. The molecule has 0 saturated carbocycles. The highest BCUT2D eigenvalue weighted by Gasteiger charge is 2.19. The maximum Gasteiger partial charge on any atom is 0.317 e. The molecule has 1 fully saturated rings. The van der Waals surface area contributed by atoms with Gasteiger partial charge in [-0.3, -0.25) is 0 Å². The molecule has 2 amide bonds. The molecule has 2 N–H and O–H groups in total. The Bertz CT molecular complexity index is 199. The predicted molar refractivity (Wildman–Crippen MR) is 58.6 cm³/mol. The Morgan fingerprint density at radius 1 is 1.64 bits per heavy atom. The van der Waals surface area contributed by atoms with Gasteiger partial charge in [0.15, 0.2) is 0 Å². The van der Waals surface area contributed by atoms with Crippen LogP contribution in [0, 0.1) is 0 Å². The fraction of sp³-hybridized carbons (Fsp3) is 0.889. The van der Waals surface area contributed by atoms with Crippen molar-refractivity contribution < 1.29 is 9.90 Å². The molecule has 0 radical (unpaired) electrons. The lowest BCUT2D eigenvalue weighted by atomic mass is 10.3. The Labute approximate surface area is 89.0 Å². The molecule has 0 aliphatic carbocycles. The van der Waals surface area contributed by atoms with Crippen molar-refractivity contribution in [2.75, 3.05) is 25.4 Å². The standard InChI is InChI=1S/C9H18N2O2S/c1-7(12)8(2)14-6-5-11-4-3-10-9(11)13/h7-8,12H,3-6H2,1-2H3,(H,10,13). The highest BCUT2D eigenvalue weighted by atomic mass is 32.2. The molecule has 0 spiro atoms. The number of nitrogens with zero attached hydrogens (tertiary/aromatic N) is 1. The molecule has 5 heteroatoms.